The predicted octanol–water partition coefficient (Wildman–Crippen LogP) is 8.58. The molecule has 1 amide bonds. The summed E-state index contributed by atoms with van der Waals surface area (Å²) in [7, 11) is 3.45. The number of rotatable bonds is 4. The first-order chi connectivity index (χ1) is 18.6. The molecule has 0 bridgehead atoms. The van der Waals surface area contributed by atoms with Gasteiger partial charge in [0.2, 0.25) is 5.91 Å². The van der Waals surface area contributed by atoms with E-state index in [-0.39, 0.29) is 18.9 Å². The van der Waals surface area contributed by atoms with Crippen molar-refractivity contribution in [3.63, 3.8) is 0 Å². The molecular formula is C31H32Br2FNO5. The molecule has 4 rings (SSSR count). The average Bonchev–Trinajstić information content (AvgIpc) is 2.91. The number of phenolic OH excluding ortho intramolecular Hbond substituents is 1. The molecule has 1 N–H and O–H groups in total. The number of benzene rings is 4. The van der Waals surface area contributed by atoms with E-state index in [4.69, 9.17) is 9.84 Å². The SMILES string of the molecule is C.CC(=O)N(C)C.O=Cc1ccc(Br)cc1F.O=Cc1ccc(Br)cc1Oc1ccccc1.Oc1ccccc1. The number of aldehydes is 2. The minimum Gasteiger partial charge on any atom is -0.508 e. The van der Waals surface area contributed by atoms with Crippen LogP contribution in [-0.2, 0) is 4.79 Å². The van der Waals surface area contributed by atoms with Crippen molar-refractivity contribution >= 4 is 50.3 Å². The van der Waals surface area contributed by atoms with Gasteiger partial charge in [-0.2, -0.15) is 0 Å². The van der Waals surface area contributed by atoms with Gasteiger partial charge in [0.1, 0.15) is 23.1 Å². The van der Waals surface area contributed by atoms with Gasteiger partial charge in [0, 0.05) is 30.0 Å². The fraction of sp³-hybridized carbons (Fsp3) is 0.129. The first-order valence-electron chi connectivity index (χ1n) is 11.4. The number of carbonyl (C=O) groups excluding carboxylic acids is 3. The van der Waals surface area contributed by atoms with Crippen molar-refractivity contribution in [1.29, 1.82) is 0 Å². The van der Waals surface area contributed by atoms with Crippen molar-refractivity contribution in [2.75, 3.05) is 14.1 Å². The van der Waals surface area contributed by atoms with Crippen LogP contribution in [0.15, 0.2) is 106 Å². The Hall–Kier alpha value is -3.82. The van der Waals surface area contributed by atoms with Crippen molar-refractivity contribution in [3.8, 4) is 17.2 Å². The van der Waals surface area contributed by atoms with Crippen molar-refractivity contribution < 1.29 is 28.6 Å². The lowest BCUT2D eigenvalue weighted by molar-refractivity contribution is -0.126. The second-order valence-electron chi connectivity index (χ2n) is 7.75. The smallest absolute Gasteiger partial charge is 0.218 e. The standard InChI is InChI=1S/C13H9BrO2.C7H4BrFO.C6H6O.C4H9NO.CH4/c14-11-7-6-10(9-15)13(8-11)16-12-4-2-1-3-5-12;8-6-2-1-5(4-10)7(9)3-6;7-6-4-2-1-3-5-6;1-4(6)5(2)3;/h1-9H;1-4H;1-5,7H;1-3H3;1H4. The third-order valence-corrected chi connectivity index (χ3v) is 5.54. The van der Waals surface area contributed by atoms with E-state index >= 15 is 0 Å². The Morgan fingerprint density at radius 3 is 1.65 bits per heavy atom. The Labute approximate surface area is 251 Å². The van der Waals surface area contributed by atoms with E-state index in [2.05, 4.69) is 31.9 Å². The zero-order valence-corrected chi connectivity index (χ0v) is 24.7. The molecule has 0 aromatic heterocycles. The van der Waals surface area contributed by atoms with Gasteiger partial charge in [0.05, 0.1) is 11.1 Å². The van der Waals surface area contributed by atoms with Gasteiger partial charge in [-0.25, -0.2) is 4.39 Å². The van der Waals surface area contributed by atoms with Gasteiger partial charge in [0.15, 0.2) is 12.6 Å². The molecule has 0 aliphatic heterocycles. The number of hydrogen-bond acceptors (Lipinski definition) is 5. The van der Waals surface area contributed by atoms with Crippen molar-refractivity contribution in [3.05, 3.63) is 123 Å². The van der Waals surface area contributed by atoms with Crippen LogP contribution in [0.1, 0.15) is 35.1 Å². The monoisotopic (exact) mass is 675 g/mol. The van der Waals surface area contributed by atoms with Gasteiger partial charge >= 0.3 is 0 Å². The van der Waals surface area contributed by atoms with Gasteiger partial charge in [-0.05, 0) is 60.7 Å². The third kappa shape index (κ3) is 14.9. The van der Waals surface area contributed by atoms with Crippen molar-refractivity contribution in [2.45, 2.75) is 14.4 Å². The van der Waals surface area contributed by atoms with Crippen LogP contribution in [0.3, 0.4) is 0 Å². The van der Waals surface area contributed by atoms with Crippen LogP contribution in [0.4, 0.5) is 4.39 Å². The molecule has 0 heterocycles. The summed E-state index contributed by atoms with van der Waals surface area (Å²) >= 11 is 6.41. The fourth-order valence-corrected chi connectivity index (χ4v) is 3.01. The van der Waals surface area contributed by atoms with E-state index in [1.54, 1.807) is 56.6 Å². The van der Waals surface area contributed by atoms with Crippen LogP contribution in [0.2, 0.25) is 0 Å². The summed E-state index contributed by atoms with van der Waals surface area (Å²) in [5, 5.41) is 8.63. The molecule has 4 aromatic carbocycles. The lowest BCUT2D eigenvalue weighted by Crippen LogP contribution is -2.17. The number of phenols is 1. The van der Waals surface area contributed by atoms with Crippen LogP contribution in [0, 0.1) is 5.82 Å². The number of amides is 1. The summed E-state index contributed by atoms with van der Waals surface area (Å²) in [5.41, 5.74) is 0.621. The zero-order chi connectivity index (χ0) is 29.2. The van der Waals surface area contributed by atoms with Gasteiger partial charge in [-0.15, -0.1) is 0 Å². The fourth-order valence-electron chi connectivity index (χ4n) is 2.33. The van der Waals surface area contributed by atoms with E-state index in [1.807, 2.05) is 42.5 Å². The number of ether oxygens (including phenoxy) is 1. The van der Waals surface area contributed by atoms with Crippen LogP contribution >= 0.6 is 31.9 Å². The number of para-hydroxylation sites is 2. The number of carbonyl (C=O) groups is 3. The average molecular weight is 677 g/mol. The lowest BCUT2D eigenvalue weighted by Gasteiger charge is -2.07. The molecule has 0 unspecified atom stereocenters. The number of aromatic hydroxyl groups is 1. The maximum atomic E-state index is 12.6. The highest BCUT2D eigenvalue weighted by Gasteiger charge is 2.04. The summed E-state index contributed by atoms with van der Waals surface area (Å²) in [5.74, 6) is 1.18. The van der Waals surface area contributed by atoms with Crippen LogP contribution in [0.5, 0.6) is 17.2 Å². The second kappa shape index (κ2) is 20.1. The van der Waals surface area contributed by atoms with Crippen LogP contribution < -0.4 is 4.74 Å². The normalized spacial score (nSPS) is 8.95. The van der Waals surface area contributed by atoms with Crippen LogP contribution in [-0.4, -0.2) is 42.6 Å². The van der Waals surface area contributed by atoms with E-state index in [9.17, 15) is 18.8 Å². The van der Waals surface area contributed by atoms with E-state index < -0.39 is 5.82 Å². The Balaban J connectivity index is 0.000000546. The number of halogens is 3. The first kappa shape index (κ1) is 36.2. The summed E-state index contributed by atoms with van der Waals surface area (Å²) in [6, 6.07) is 27.7. The zero-order valence-electron chi connectivity index (χ0n) is 21.6. The molecule has 4 aromatic rings. The molecule has 0 radical (unpaired) electrons. The minimum atomic E-state index is -0.496. The molecule has 6 nitrogen and oxygen atoms in total. The lowest BCUT2D eigenvalue weighted by atomic mass is 10.2. The molecule has 40 heavy (non-hydrogen) atoms. The van der Waals surface area contributed by atoms with Gasteiger partial charge in [-0.1, -0.05) is 75.7 Å². The Morgan fingerprint density at radius 1 is 0.800 bits per heavy atom. The summed E-state index contributed by atoms with van der Waals surface area (Å²) in [4.78, 5) is 32.5. The molecule has 0 saturated heterocycles. The third-order valence-electron chi connectivity index (χ3n) is 4.55. The molecule has 0 saturated carbocycles. The quantitative estimate of drug-likeness (QED) is 0.219. The minimum absolute atomic E-state index is 0. The Kier molecular flexibility index (Phi) is 18.2. The highest BCUT2D eigenvalue weighted by molar-refractivity contribution is 9.10. The van der Waals surface area contributed by atoms with Gasteiger partial charge < -0.3 is 14.7 Å². The highest BCUT2D eigenvalue weighted by Crippen LogP contribution is 2.27. The molecule has 0 aliphatic rings. The van der Waals surface area contributed by atoms with Crippen molar-refractivity contribution in [1.82, 2.24) is 4.90 Å². The molecule has 0 fully saturated rings. The predicted molar refractivity (Wildman–Crippen MR) is 165 cm³/mol. The van der Waals surface area contributed by atoms with Gasteiger partial charge in [-0.3, -0.25) is 14.4 Å². The molecule has 212 valence electrons. The van der Waals surface area contributed by atoms with Crippen molar-refractivity contribution in [2.24, 2.45) is 0 Å². The van der Waals surface area contributed by atoms with Crippen LogP contribution in [0.25, 0.3) is 0 Å². The number of hydrogen-bond donors (Lipinski definition) is 1. The van der Waals surface area contributed by atoms with E-state index in [0.717, 1.165) is 10.8 Å². The second-order valence-corrected chi connectivity index (χ2v) is 9.58. The first-order valence-corrected chi connectivity index (χ1v) is 13.0. The Bertz CT molecular complexity index is 1320. The van der Waals surface area contributed by atoms with Gasteiger partial charge in [0.25, 0.3) is 0 Å². The highest BCUT2D eigenvalue weighted by atomic mass is 79.9. The molecule has 0 atom stereocenters. The molecule has 0 aliphatic carbocycles. The van der Waals surface area contributed by atoms with E-state index in [1.165, 1.54) is 24.0 Å². The topological polar surface area (TPSA) is 83.9 Å². The maximum absolute atomic E-state index is 12.6. The molecule has 9 heteroatoms. The molecular weight excluding hydrogens is 645 g/mol. The number of nitrogens with zero attached hydrogens (tertiary/aromatic N) is 1. The Morgan fingerprint density at radius 2 is 1.25 bits per heavy atom. The molecule has 0 spiro atoms. The van der Waals surface area contributed by atoms with E-state index in [0.29, 0.717) is 33.6 Å². The largest absolute Gasteiger partial charge is 0.508 e. The summed E-state index contributed by atoms with van der Waals surface area (Å²) in [6.45, 7) is 1.53. The summed E-state index contributed by atoms with van der Waals surface area (Å²) < 4.78 is 19.7. The maximum Gasteiger partial charge on any atom is 0.218 e. The summed E-state index contributed by atoms with van der Waals surface area (Å²) in [6.07, 6.45) is 1.27.